The van der Waals surface area contributed by atoms with Crippen LogP contribution in [0, 0.1) is 11.8 Å². The van der Waals surface area contributed by atoms with Gasteiger partial charge in [0, 0.05) is 19.6 Å². The molecule has 1 heterocycles. The summed E-state index contributed by atoms with van der Waals surface area (Å²) in [4.78, 5) is 14.3. The van der Waals surface area contributed by atoms with Gasteiger partial charge in [-0.2, -0.15) is 0 Å². The Hall–Kier alpha value is -0.280. The predicted octanol–water partition coefficient (Wildman–Crippen LogP) is 2.20. The van der Waals surface area contributed by atoms with Crippen molar-refractivity contribution in [2.45, 2.75) is 57.0 Å². The number of carbonyl (C=O) groups is 1. The molecule has 1 aliphatic heterocycles. The number of hydrogen-bond donors (Lipinski definition) is 1. The van der Waals surface area contributed by atoms with E-state index in [0.29, 0.717) is 11.9 Å². The quantitative estimate of drug-likeness (QED) is 0.854. The second-order valence-corrected chi connectivity index (χ2v) is 6.27. The number of rotatable bonds is 3. The van der Waals surface area contributed by atoms with Crippen molar-refractivity contribution in [1.29, 1.82) is 0 Å². The lowest BCUT2D eigenvalue weighted by Gasteiger charge is -2.24. The summed E-state index contributed by atoms with van der Waals surface area (Å²) < 4.78 is 0. The molecule has 0 bridgehead atoms. The number of nitrogens with zero attached hydrogens (tertiary/aromatic N) is 1. The molecule has 0 aromatic rings. The van der Waals surface area contributed by atoms with E-state index >= 15 is 0 Å². The first-order chi connectivity index (χ1) is 8.24. The van der Waals surface area contributed by atoms with Gasteiger partial charge >= 0.3 is 0 Å². The molecule has 3 atom stereocenters. The summed E-state index contributed by atoms with van der Waals surface area (Å²) in [5, 5.41) is 3.58. The molecular formula is C14H25ClN2O. The first-order valence-electron chi connectivity index (χ1n) is 7.25. The smallest absolute Gasteiger partial charge is 0.239 e. The number of halogens is 1. The maximum absolute atomic E-state index is 12.3. The number of fused-ring (bicyclic) bond motifs is 1. The summed E-state index contributed by atoms with van der Waals surface area (Å²) in [6.45, 7) is 0.979. The average molecular weight is 273 g/mol. The molecule has 104 valence electrons. The first kappa shape index (κ1) is 14.1. The summed E-state index contributed by atoms with van der Waals surface area (Å²) in [7, 11) is 1.98. The molecule has 3 rings (SSSR count). The third-order valence-electron chi connectivity index (χ3n) is 4.77. The molecule has 1 N–H and O–H groups in total. The van der Waals surface area contributed by atoms with Gasteiger partial charge in [0.05, 0.1) is 6.04 Å². The molecule has 0 aromatic heterocycles. The number of hydrogen-bond acceptors (Lipinski definition) is 2. The van der Waals surface area contributed by atoms with Crippen molar-refractivity contribution in [2.24, 2.45) is 11.8 Å². The van der Waals surface area contributed by atoms with Crippen LogP contribution in [-0.2, 0) is 4.79 Å². The van der Waals surface area contributed by atoms with E-state index in [1.807, 2.05) is 11.9 Å². The first-order valence-corrected chi connectivity index (χ1v) is 7.25. The number of likely N-dealkylation sites (N-methyl/N-ethyl adjacent to an activating group) is 1. The SMILES string of the molecule is CN(CC1CC1)C(=O)C1CC2CCCCC2N1.Cl. The zero-order valence-electron chi connectivity index (χ0n) is 11.2. The molecule has 2 aliphatic carbocycles. The Morgan fingerprint density at radius 3 is 2.61 bits per heavy atom. The Bertz CT molecular complexity index is 292. The lowest BCUT2D eigenvalue weighted by molar-refractivity contribution is -0.132. The zero-order valence-corrected chi connectivity index (χ0v) is 12.0. The van der Waals surface area contributed by atoms with Crippen molar-refractivity contribution in [2.75, 3.05) is 13.6 Å². The molecule has 3 unspecified atom stereocenters. The van der Waals surface area contributed by atoms with Gasteiger partial charge in [0.1, 0.15) is 0 Å². The highest BCUT2D eigenvalue weighted by Gasteiger charge is 2.39. The van der Waals surface area contributed by atoms with E-state index in [1.54, 1.807) is 0 Å². The Morgan fingerprint density at radius 2 is 1.94 bits per heavy atom. The average Bonchev–Trinajstić information content (AvgIpc) is 3.04. The van der Waals surface area contributed by atoms with Gasteiger partial charge in [-0.05, 0) is 43.9 Å². The highest BCUT2D eigenvalue weighted by atomic mass is 35.5. The maximum atomic E-state index is 12.3. The van der Waals surface area contributed by atoms with Crippen molar-refractivity contribution < 1.29 is 4.79 Å². The van der Waals surface area contributed by atoms with Crippen LogP contribution in [0.1, 0.15) is 44.9 Å². The molecule has 1 saturated heterocycles. The van der Waals surface area contributed by atoms with E-state index in [4.69, 9.17) is 0 Å². The fraction of sp³-hybridized carbons (Fsp3) is 0.929. The molecule has 2 saturated carbocycles. The second kappa shape index (κ2) is 5.79. The molecule has 1 amide bonds. The minimum Gasteiger partial charge on any atom is -0.344 e. The summed E-state index contributed by atoms with van der Waals surface area (Å²) in [5.74, 6) is 1.91. The van der Waals surface area contributed by atoms with Crippen LogP contribution in [0.4, 0.5) is 0 Å². The zero-order chi connectivity index (χ0) is 11.8. The third-order valence-corrected chi connectivity index (χ3v) is 4.77. The molecule has 3 aliphatic rings. The van der Waals surface area contributed by atoms with Crippen LogP contribution in [0.5, 0.6) is 0 Å². The van der Waals surface area contributed by atoms with Gasteiger partial charge in [-0.3, -0.25) is 4.79 Å². The standard InChI is InChI=1S/C14H24N2O.ClH/c1-16(9-10-6-7-10)14(17)13-8-11-4-2-3-5-12(11)15-13;/h10-13,15H,2-9H2,1H3;1H. The fourth-order valence-electron chi connectivity index (χ4n) is 3.55. The van der Waals surface area contributed by atoms with Gasteiger partial charge in [0.25, 0.3) is 0 Å². The van der Waals surface area contributed by atoms with Gasteiger partial charge in [0.15, 0.2) is 0 Å². The Labute approximate surface area is 116 Å². The lowest BCUT2D eigenvalue weighted by atomic mass is 9.85. The Kier molecular flexibility index (Phi) is 4.54. The van der Waals surface area contributed by atoms with Crippen molar-refractivity contribution in [3.8, 4) is 0 Å². The van der Waals surface area contributed by atoms with Crippen LogP contribution in [0.25, 0.3) is 0 Å². The van der Waals surface area contributed by atoms with E-state index in [9.17, 15) is 4.79 Å². The van der Waals surface area contributed by atoms with Gasteiger partial charge in [0.2, 0.25) is 5.91 Å². The summed E-state index contributed by atoms with van der Waals surface area (Å²) in [5.41, 5.74) is 0. The van der Waals surface area contributed by atoms with Crippen LogP contribution in [0.3, 0.4) is 0 Å². The van der Waals surface area contributed by atoms with Crippen molar-refractivity contribution in [1.82, 2.24) is 10.2 Å². The van der Waals surface area contributed by atoms with Crippen LogP contribution < -0.4 is 5.32 Å². The number of nitrogens with one attached hydrogen (secondary N) is 1. The lowest BCUT2D eigenvalue weighted by Crippen LogP contribution is -2.44. The fourth-order valence-corrected chi connectivity index (χ4v) is 3.55. The van der Waals surface area contributed by atoms with Gasteiger partial charge in [-0.1, -0.05) is 12.8 Å². The summed E-state index contributed by atoms with van der Waals surface area (Å²) in [6, 6.07) is 0.749. The Morgan fingerprint density at radius 1 is 1.22 bits per heavy atom. The molecule has 0 aromatic carbocycles. The van der Waals surface area contributed by atoms with Crippen LogP contribution >= 0.6 is 12.4 Å². The topological polar surface area (TPSA) is 32.3 Å². The largest absolute Gasteiger partial charge is 0.344 e. The van der Waals surface area contributed by atoms with Crippen LogP contribution in [0.2, 0.25) is 0 Å². The number of carbonyl (C=O) groups excluding carboxylic acids is 1. The van der Waals surface area contributed by atoms with E-state index in [-0.39, 0.29) is 18.4 Å². The van der Waals surface area contributed by atoms with Gasteiger partial charge in [-0.15, -0.1) is 12.4 Å². The van der Waals surface area contributed by atoms with Gasteiger partial charge < -0.3 is 10.2 Å². The monoisotopic (exact) mass is 272 g/mol. The molecule has 4 heteroatoms. The van der Waals surface area contributed by atoms with Crippen molar-refractivity contribution in [3.05, 3.63) is 0 Å². The van der Waals surface area contributed by atoms with E-state index in [1.165, 1.54) is 38.5 Å². The molecule has 18 heavy (non-hydrogen) atoms. The molecule has 0 radical (unpaired) electrons. The van der Waals surface area contributed by atoms with Crippen molar-refractivity contribution >= 4 is 18.3 Å². The van der Waals surface area contributed by atoms with Gasteiger partial charge in [-0.25, -0.2) is 0 Å². The van der Waals surface area contributed by atoms with E-state index in [0.717, 1.165) is 24.8 Å². The summed E-state index contributed by atoms with van der Waals surface area (Å²) >= 11 is 0. The van der Waals surface area contributed by atoms with E-state index in [2.05, 4.69) is 5.32 Å². The maximum Gasteiger partial charge on any atom is 0.239 e. The Balaban J connectivity index is 0.00000120. The predicted molar refractivity (Wildman–Crippen MR) is 74.9 cm³/mol. The third kappa shape index (κ3) is 3.00. The molecule has 3 fully saturated rings. The minimum atomic E-state index is 0. The normalized spacial score (nSPS) is 34.6. The van der Waals surface area contributed by atoms with Crippen molar-refractivity contribution in [3.63, 3.8) is 0 Å². The summed E-state index contributed by atoms with van der Waals surface area (Å²) in [6.07, 6.45) is 9.03. The number of amides is 1. The molecule has 0 spiro atoms. The molecule has 3 nitrogen and oxygen atoms in total. The highest BCUT2D eigenvalue weighted by Crippen LogP contribution is 2.34. The highest BCUT2D eigenvalue weighted by molar-refractivity contribution is 5.85. The second-order valence-electron chi connectivity index (χ2n) is 6.27. The van der Waals surface area contributed by atoms with Crippen LogP contribution in [-0.4, -0.2) is 36.5 Å². The molecular weight excluding hydrogens is 248 g/mol. The van der Waals surface area contributed by atoms with Crippen LogP contribution in [0.15, 0.2) is 0 Å². The minimum absolute atomic E-state index is 0. The van der Waals surface area contributed by atoms with E-state index < -0.39 is 0 Å².